The second-order valence-corrected chi connectivity index (χ2v) is 7.81. The Hall–Kier alpha value is -2.55. The summed E-state index contributed by atoms with van der Waals surface area (Å²) < 4.78 is 34.0. The first-order valence-electron chi connectivity index (χ1n) is 8.81. The van der Waals surface area contributed by atoms with E-state index in [9.17, 15) is 13.8 Å². The van der Waals surface area contributed by atoms with Crippen molar-refractivity contribution in [1.29, 1.82) is 0 Å². The SMILES string of the molecule is O=C(OC1COC1)c1ccccc1S(=O)c1ccccc1C(=O)OC1COC1. The molecule has 0 saturated carbocycles. The highest BCUT2D eigenvalue weighted by Gasteiger charge is 2.28. The number of carbonyl (C=O) groups is 2. The van der Waals surface area contributed by atoms with Gasteiger partial charge in [-0.05, 0) is 24.3 Å². The molecule has 28 heavy (non-hydrogen) atoms. The molecular formula is C20H18O7S. The van der Waals surface area contributed by atoms with E-state index in [1.165, 1.54) is 0 Å². The molecule has 146 valence electrons. The molecule has 0 radical (unpaired) electrons. The van der Waals surface area contributed by atoms with Crippen LogP contribution in [0.5, 0.6) is 0 Å². The number of ether oxygens (including phenoxy) is 4. The third-order valence-corrected chi connectivity index (χ3v) is 5.89. The summed E-state index contributed by atoms with van der Waals surface area (Å²) in [6.07, 6.45) is -0.582. The Kier molecular flexibility index (Phi) is 5.52. The van der Waals surface area contributed by atoms with E-state index in [1.54, 1.807) is 48.5 Å². The lowest BCUT2D eigenvalue weighted by molar-refractivity contribution is -0.103. The fourth-order valence-electron chi connectivity index (χ4n) is 2.71. The predicted octanol–water partition coefficient (Wildman–Crippen LogP) is 1.96. The third-order valence-electron chi connectivity index (χ3n) is 4.38. The van der Waals surface area contributed by atoms with Gasteiger partial charge in [0.25, 0.3) is 0 Å². The van der Waals surface area contributed by atoms with Crippen LogP contribution in [0.2, 0.25) is 0 Å². The van der Waals surface area contributed by atoms with E-state index in [0.29, 0.717) is 26.4 Å². The molecular weight excluding hydrogens is 384 g/mol. The van der Waals surface area contributed by atoms with Gasteiger partial charge in [0.2, 0.25) is 0 Å². The van der Waals surface area contributed by atoms with Crippen molar-refractivity contribution in [1.82, 2.24) is 0 Å². The van der Waals surface area contributed by atoms with Crippen LogP contribution >= 0.6 is 0 Å². The maximum atomic E-state index is 13.3. The zero-order valence-corrected chi connectivity index (χ0v) is 15.7. The second-order valence-electron chi connectivity index (χ2n) is 6.39. The maximum absolute atomic E-state index is 13.3. The smallest absolute Gasteiger partial charge is 0.339 e. The number of rotatable bonds is 6. The first-order valence-corrected chi connectivity index (χ1v) is 9.96. The molecule has 2 fully saturated rings. The molecule has 0 amide bonds. The molecule has 0 spiro atoms. The topological polar surface area (TPSA) is 88.1 Å². The van der Waals surface area contributed by atoms with Gasteiger partial charge >= 0.3 is 11.9 Å². The fraction of sp³-hybridized carbons (Fsp3) is 0.300. The Balaban J connectivity index is 1.61. The average molecular weight is 402 g/mol. The molecule has 2 heterocycles. The van der Waals surface area contributed by atoms with E-state index in [4.69, 9.17) is 18.9 Å². The number of hydrogen-bond donors (Lipinski definition) is 0. The zero-order chi connectivity index (χ0) is 19.5. The number of carbonyl (C=O) groups excluding carboxylic acids is 2. The first-order chi connectivity index (χ1) is 13.6. The minimum atomic E-state index is -1.77. The van der Waals surface area contributed by atoms with Crippen LogP contribution in [0.4, 0.5) is 0 Å². The largest absolute Gasteiger partial charge is 0.454 e. The monoisotopic (exact) mass is 402 g/mol. The average Bonchev–Trinajstić information content (AvgIpc) is 2.66. The summed E-state index contributed by atoms with van der Waals surface area (Å²) >= 11 is 0. The molecule has 0 N–H and O–H groups in total. The van der Waals surface area contributed by atoms with Gasteiger partial charge in [0.05, 0.1) is 58.1 Å². The van der Waals surface area contributed by atoms with Crippen LogP contribution in [-0.4, -0.2) is 54.8 Å². The normalized spacial score (nSPS) is 16.9. The van der Waals surface area contributed by atoms with Crippen molar-refractivity contribution in [3.05, 3.63) is 59.7 Å². The van der Waals surface area contributed by atoms with Gasteiger partial charge in [-0.3, -0.25) is 0 Å². The molecule has 2 aromatic rings. The number of hydrogen-bond acceptors (Lipinski definition) is 7. The highest BCUT2D eigenvalue weighted by Crippen LogP contribution is 2.25. The molecule has 2 aliphatic heterocycles. The van der Waals surface area contributed by atoms with Gasteiger partial charge in [-0.15, -0.1) is 0 Å². The van der Waals surface area contributed by atoms with Gasteiger partial charge in [-0.2, -0.15) is 0 Å². The molecule has 2 saturated heterocycles. The molecule has 0 bridgehead atoms. The zero-order valence-electron chi connectivity index (χ0n) is 14.9. The Morgan fingerprint density at radius 3 is 1.50 bits per heavy atom. The van der Waals surface area contributed by atoms with Crippen molar-refractivity contribution in [3.63, 3.8) is 0 Å². The van der Waals surface area contributed by atoms with E-state index in [2.05, 4.69) is 0 Å². The van der Waals surface area contributed by atoms with Crippen LogP contribution in [0, 0.1) is 0 Å². The molecule has 7 nitrogen and oxygen atoms in total. The Morgan fingerprint density at radius 1 is 0.750 bits per heavy atom. The van der Waals surface area contributed by atoms with Crippen molar-refractivity contribution < 1.29 is 32.7 Å². The van der Waals surface area contributed by atoms with E-state index in [-0.39, 0.29) is 33.1 Å². The summed E-state index contributed by atoms with van der Waals surface area (Å²) in [6.45, 7) is 1.43. The van der Waals surface area contributed by atoms with Gasteiger partial charge in [0, 0.05) is 0 Å². The minimum absolute atomic E-state index is 0.197. The van der Waals surface area contributed by atoms with Crippen LogP contribution in [0.15, 0.2) is 58.3 Å². The minimum Gasteiger partial charge on any atom is -0.454 e. The Morgan fingerprint density at radius 2 is 1.14 bits per heavy atom. The van der Waals surface area contributed by atoms with Gasteiger partial charge in [-0.25, -0.2) is 13.8 Å². The van der Waals surface area contributed by atoms with Gasteiger partial charge < -0.3 is 18.9 Å². The van der Waals surface area contributed by atoms with Crippen molar-refractivity contribution >= 4 is 22.7 Å². The predicted molar refractivity (Wildman–Crippen MR) is 97.6 cm³/mol. The highest BCUT2D eigenvalue weighted by atomic mass is 32.2. The third kappa shape index (κ3) is 3.84. The van der Waals surface area contributed by atoms with E-state index in [1.807, 2.05) is 0 Å². The van der Waals surface area contributed by atoms with Gasteiger partial charge in [0.1, 0.15) is 12.2 Å². The van der Waals surface area contributed by atoms with Crippen molar-refractivity contribution in [3.8, 4) is 0 Å². The summed E-state index contributed by atoms with van der Waals surface area (Å²) in [5, 5.41) is 0. The molecule has 2 aliphatic rings. The van der Waals surface area contributed by atoms with Crippen LogP contribution in [0.3, 0.4) is 0 Å². The Labute approximate surface area is 164 Å². The fourth-order valence-corrected chi connectivity index (χ4v) is 4.05. The first kappa shape index (κ1) is 18.8. The van der Waals surface area contributed by atoms with E-state index in [0.717, 1.165) is 0 Å². The lowest BCUT2D eigenvalue weighted by Gasteiger charge is -2.26. The Bertz CT molecular complexity index is 845. The van der Waals surface area contributed by atoms with Gasteiger partial charge in [0.15, 0.2) is 0 Å². The molecule has 4 rings (SSSR count). The van der Waals surface area contributed by atoms with Crippen molar-refractivity contribution in [2.24, 2.45) is 0 Å². The molecule has 2 aromatic carbocycles. The molecule has 0 aliphatic carbocycles. The summed E-state index contributed by atoms with van der Waals surface area (Å²) in [7, 11) is -1.77. The van der Waals surface area contributed by atoms with Crippen molar-refractivity contribution in [2.75, 3.05) is 26.4 Å². The second kappa shape index (κ2) is 8.22. The van der Waals surface area contributed by atoms with Crippen LogP contribution < -0.4 is 0 Å². The maximum Gasteiger partial charge on any atom is 0.339 e. The quantitative estimate of drug-likeness (QED) is 0.683. The van der Waals surface area contributed by atoms with Crippen LogP contribution in [0.1, 0.15) is 20.7 Å². The standard InChI is InChI=1S/C20H18O7S/c21-19(26-13-9-24-10-13)15-5-1-3-7-17(15)28(23)18-8-4-2-6-16(18)20(22)27-14-11-25-12-14/h1-8,13-14H,9-12H2. The molecule has 8 heteroatoms. The lowest BCUT2D eigenvalue weighted by Crippen LogP contribution is -2.38. The summed E-state index contributed by atoms with van der Waals surface area (Å²) in [5.74, 6) is -1.13. The number of benzene rings is 2. The lowest BCUT2D eigenvalue weighted by atomic mass is 10.2. The van der Waals surface area contributed by atoms with Crippen LogP contribution in [0.25, 0.3) is 0 Å². The van der Waals surface area contributed by atoms with Gasteiger partial charge in [-0.1, -0.05) is 24.3 Å². The molecule has 0 unspecified atom stereocenters. The van der Waals surface area contributed by atoms with E-state index < -0.39 is 22.7 Å². The van der Waals surface area contributed by atoms with E-state index >= 15 is 0 Å². The summed E-state index contributed by atoms with van der Waals surface area (Å²) in [6, 6.07) is 13.0. The highest BCUT2D eigenvalue weighted by molar-refractivity contribution is 7.85. The molecule has 0 atom stereocenters. The summed E-state index contributed by atoms with van der Waals surface area (Å²) in [5.41, 5.74) is 0.395. The summed E-state index contributed by atoms with van der Waals surface area (Å²) in [4.78, 5) is 25.6. The van der Waals surface area contributed by atoms with Crippen LogP contribution in [-0.2, 0) is 29.7 Å². The molecule has 0 aromatic heterocycles. The van der Waals surface area contributed by atoms with Crippen molar-refractivity contribution in [2.45, 2.75) is 22.0 Å². The number of esters is 2.